The van der Waals surface area contributed by atoms with Crippen LogP contribution in [0.2, 0.25) is 0 Å². The van der Waals surface area contributed by atoms with Gasteiger partial charge < -0.3 is 9.80 Å². The fraction of sp³-hybridized carbons (Fsp3) is 0.381. The molecule has 4 amide bonds. The smallest absolute Gasteiger partial charge is 0.332 e. The van der Waals surface area contributed by atoms with Crippen LogP contribution in [0.25, 0.3) is 0 Å². The van der Waals surface area contributed by atoms with E-state index in [1.165, 1.54) is 21.9 Å². The highest BCUT2D eigenvalue weighted by atomic mass is 16.2. The van der Waals surface area contributed by atoms with Crippen molar-refractivity contribution in [3.05, 3.63) is 58.8 Å². The van der Waals surface area contributed by atoms with E-state index in [0.29, 0.717) is 37.3 Å². The molecule has 0 aliphatic carbocycles. The number of amides is 4. The van der Waals surface area contributed by atoms with E-state index in [9.17, 15) is 19.2 Å². The quantitative estimate of drug-likeness (QED) is 0.703. The average molecular weight is 409 g/mol. The van der Waals surface area contributed by atoms with Gasteiger partial charge in [-0.2, -0.15) is 0 Å². The molecule has 0 atom stereocenters. The van der Waals surface area contributed by atoms with Crippen molar-refractivity contribution in [1.29, 1.82) is 0 Å². The van der Waals surface area contributed by atoms with Gasteiger partial charge in [0.25, 0.3) is 11.5 Å². The van der Waals surface area contributed by atoms with Crippen molar-refractivity contribution in [2.24, 2.45) is 0 Å². The van der Waals surface area contributed by atoms with Crippen molar-refractivity contribution in [2.45, 2.75) is 32.4 Å². The number of carbonyl (C=O) groups is 3. The van der Waals surface area contributed by atoms with Gasteiger partial charge in [-0.05, 0) is 31.9 Å². The molecule has 30 heavy (non-hydrogen) atoms. The Labute approximate surface area is 173 Å². The number of benzene rings is 1. The standard InChI is InChI=1S/C21H23N5O4/c1-15-11-18(27)24(14-22-15)12-19(28)23-9-7-16(8-10-23)25-13-20(29)26(21(25)30)17-5-3-2-4-6-17/h2-6,11,14,16H,7-10,12-13H2,1H3. The first-order chi connectivity index (χ1) is 14.4. The van der Waals surface area contributed by atoms with Crippen molar-refractivity contribution in [3.8, 4) is 0 Å². The third kappa shape index (κ3) is 3.83. The molecule has 0 spiro atoms. The normalized spacial score (nSPS) is 17.7. The fourth-order valence-electron chi connectivity index (χ4n) is 3.94. The number of aromatic nitrogens is 2. The highest BCUT2D eigenvalue weighted by Gasteiger charge is 2.41. The molecular formula is C21H23N5O4. The van der Waals surface area contributed by atoms with Gasteiger partial charge in [0.15, 0.2) is 0 Å². The molecule has 3 heterocycles. The Morgan fingerprint density at radius 1 is 1.10 bits per heavy atom. The fourth-order valence-corrected chi connectivity index (χ4v) is 3.94. The van der Waals surface area contributed by atoms with Crippen LogP contribution in [0.3, 0.4) is 0 Å². The molecule has 0 radical (unpaired) electrons. The predicted octanol–water partition coefficient (Wildman–Crippen LogP) is 1.01. The largest absolute Gasteiger partial charge is 0.341 e. The second-order valence-corrected chi connectivity index (χ2v) is 7.58. The molecule has 1 aromatic heterocycles. The van der Waals surface area contributed by atoms with Crippen LogP contribution in [0.4, 0.5) is 10.5 Å². The van der Waals surface area contributed by atoms with E-state index in [4.69, 9.17) is 0 Å². The zero-order chi connectivity index (χ0) is 21.3. The van der Waals surface area contributed by atoms with Gasteiger partial charge in [0.2, 0.25) is 5.91 Å². The molecular weight excluding hydrogens is 386 g/mol. The Kier molecular flexibility index (Phi) is 5.35. The number of aryl methyl sites for hydroxylation is 1. The molecule has 2 aliphatic rings. The monoisotopic (exact) mass is 409 g/mol. The Hall–Kier alpha value is -3.49. The van der Waals surface area contributed by atoms with Gasteiger partial charge in [-0.15, -0.1) is 0 Å². The van der Waals surface area contributed by atoms with Crippen LogP contribution >= 0.6 is 0 Å². The molecule has 1 aromatic carbocycles. The van der Waals surface area contributed by atoms with E-state index >= 15 is 0 Å². The van der Waals surface area contributed by atoms with Crippen molar-refractivity contribution in [1.82, 2.24) is 19.4 Å². The number of carbonyl (C=O) groups excluding carboxylic acids is 3. The van der Waals surface area contributed by atoms with Crippen molar-refractivity contribution in [2.75, 3.05) is 24.5 Å². The molecule has 0 bridgehead atoms. The molecule has 156 valence electrons. The summed E-state index contributed by atoms with van der Waals surface area (Å²) in [6.45, 7) is 2.67. The molecule has 2 fully saturated rings. The lowest BCUT2D eigenvalue weighted by Crippen LogP contribution is -2.49. The lowest BCUT2D eigenvalue weighted by molar-refractivity contribution is -0.133. The molecule has 2 saturated heterocycles. The van der Waals surface area contributed by atoms with Crippen LogP contribution in [-0.2, 0) is 16.1 Å². The van der Waals surface area contributed by atoms with Crippen LogP contribution in [0.1, 0.15) is 18.5 Å². The van der Waals surface area contributed by atoms with Gasteiger partial charge in [-0.25, -0.2) is 14.7 Å². The Morgan fingerprint density at radius 2 is 1.80 bits per heavy atom. The Balaban J connectivity index is 1.36. The number of imide groups is 1. The second kappa shape index (κ2) is 8.10. The SMILES string of the molecule is Cc1cc(=O)n(CC(=O)N2CCC(N3CC(=O)N(c4ccccc4)C3=O)CC2)cn1. The van der Waals surface area contributed by atoms with E-state index in [-0.39, 0.29) is 42.5 Å². The van der Waals surface area contributed by atoms with Crippen LogP contribution in [0.5, 0.6) is 0 Å². The number of hydrogen-bond acceptors (Lipinski definition) is 5. The van der Waals surface area contributed by atoms with Gasteiger partial charge in [-0.1, -0.05) is 18.2 Å². The van der Waals surface area contributed by atoms with Gasteiger partial charge in [0, 0.05) is 30.9 Å². The molecule has 9 nitrogen and oxygen atoms in total. The summed E-state index contributed by atoms with van der Waals surface area (Å²) >= 11 is 0. The number of likely N-dealkylation sites (tertiary alicyclic amines) is 1. The van der Waals surface area contributed by atoms with Crippen LogP contribution < -0.4 is 10.5 Å². The van der Waals surface area contributed by atoms with Crippen LogP contribution in [0, 0.1) is 6.92 Å². The molecule has 0 unspecified atom stereocenters. The summed E-state index contributed by atoms with van der Waals surface area (Å²) in [5.41, 5.74) is 0.923. The van der Waals surface area contributed by atoms with Crippen LogP contribution in [0.15, 0.2) is 47.5 Å². The minimum Gasteiger partial charge on any atom is -0.341 e. The topological polar surface area (TPSA) is 95.8 Å². The van der Waals surface area contributed by atoms with Gasteiger partial charge in [0.1, 0.15) is 13.1 Å². The summed E-state index contributed by atoms with van der Waals surface area (Å²) in [5, 5.41) is 0. The average Bonchev–Trinajstić information content (AvgIpc) is 3.04. The van der Waals surface area contributed by atoms with E-state index in [2.05, 4.69) is 4.98 Å². The number of hydrogen-bond donors (Lipinski definition) is 0. The number of anilines is 1. The van der Waals surface area contributed by atoms with Crippen molar-refractivity contribution in [3.63, 3.8) is 0 Å². The first-order valence-electron chi connectivity index (χ1n) is 9.93. The third-order valence-corrected chi connectivity index (χ3v) is 5.59. The Morgan fingerprint density at radius 3 is 2.47 bits per heavy atom. The molecule has 4 rings (SSSR count). The molecule has 2 aromatic rings. The minimum absolute atomic E-state index is 0.0524. The Bertz CT molecular complexity index is 1030. The number of urea groups is 1. The zero-order valence-corrected chi connectivity index (χ0v) is 16.7. The summed E-state index contributed by atoms with van der Waals surface area (Å²) in [6.07, 6.45) is 2.57. The maximum atomic E-state index is 12.8. The van der Waals surface area contributed by atoms with Gasteiger partial charge in [0.05, 0.1) is 12.0 Å². The summed E-state index contributed by atoms with van der Waals surface area (Å²) in [7, 11) is 0. The van der Waals surface area contributed by atoms with Crippen molar-refractivity contribution >= 4 is 23.5 Å². The first-order valence-corrected chi connectivity index (χ1v) is 9.93. The van der Waals surface area contributed by atoms with Gasteiger partial charge >= 0.3 is 6.03 Å². The first kappa shape index (κ1) is 19.8. The van der Waals surface area contributed by atoms with Crippen molar-refractivity contribution < 1.29 is 14.4 Å². The van der Waals surface area contributed by atoms with E-state index in [1.54, 1.807) is 41.0 Å². The lowest BCUT2D eigenvalue weighted by Gasteiger charge is -2.36. The van der Waals surface area contributed by atoms with Crippen LogP contribution in [-0.4, -0.2) is 62.9 Å². The zero-order valence-electron chi connectivity index (χ0n) is 16.7. The second-order valence-electron chi connectivity index (χ2n) is 7.58. The number of nitrogens with zero attached hydrogens (tertiary/aromatic N) is 5. The van der Waals surface area contributed by atoms with Gasteiger partial charge in [-0.3, -0.25) is 19.0 Å². The highest BCUT2D eigenvalue weighted by Crippen LogP contribution is 2.26. The number of rotatable bonds is 4. The molecule has 9 heteroatoms. The summed E-state index contributed by atoms with van der Waals surface area (Å²) in [5.74, 6) is -0.396. The predicted molar refractivity (Wildman–Crippen MR) is 109 cm³/mol. The summed E-state index contributed by atoms with van der Waals surface area (Å²) in [6, 6.07) is 9.88. The summed E-state index contributed by atoms with van der Waals surface area (Å²) in [4.78, 5) is 58.4. The summed E-state index contributed by atoms with van der Waals surface area (Å²) < 4.78 is 1.29. The van der Waals surface area contributed by atoms with E-state index in [1.807, 2.05) is 6.07 Å². The maximum absolute atomic E-state index is 12.8. The maximum Gasteiger partial charge on any atom is 0.332 e. The molecule has 2 aliphatic heterocycles. The molecule has 0 N–H and O–H groups in total. The number of piperidine rings is 1. The van der Waals surface area contributed by atoms with E-state index < -0.39 is 0 Å². The number of para-hydroxylation sites is 1. The lowest BCUT2D eigenvalue weighted by atomic mass is 10.0. The third-order valence-electron chi connectivity index (χ3n) is 5.59. The highest BCUT2D eigenvalue weighted by molar-refractivity contribution is 6.19. The van der Waals surface area contributed by atoms with E-state index in [0.717, 1.165) is 0 Å². The molecule has 0 saturated carbocycles. The minimum atomic E-state index is -0.312.